The Morgan fingerprint density at radius 3 is 2.58 bits per heavy atom. The van der Waals surface area contributed by atoms with Crippen LogP contribution >= 0.6 is 0 Å². The molecule has 106 valence electrons. The van der Waals surface area contributed by atoms with Gasteiger partial charge in [-0.1, -0.05) is 6.07 Å². The molecule has 0 aliphatic carbocycles. The SMILES string of the molecule is CCN(c1cccc(O)c1)S(=O)(=O)CCCC(=O)O. The van der Waals surface area contributed by atoms with E-state index in [1.165, 1.54) is 12.1 Å². The molecule has 0 fully saturated rings. The third-order valence-corrected chi connectivity index (χ3v) is 4.48. The van der Waals surface area contributed by atoms with Gasteiger partial charge in [-0.2, -0.15) is 0 Å². The molecule has 0 saturated carbocycles. The number of carbonyl (C=O) groups is 1. The van der Waals surface area contributed by atoms with Crippen molar-refractivity contribution < 1.29 is 23.4 Å². The van der Waals surface area contributed by atoms with Crippen molar-refractivity contribution in [1.29, 1.82) is 0 Å². The summed E-state index contributed by atoms with van der Waals surface area (Å²) in [5.41, 5.74) is 0.373. The largest absolute Gasteiger partial charge is 0.508 e. The lowest BCUT2D eigenvalue weighted by Gasteiger charge is -2.22. The third kappa shape index (κ3) is 4.44. The van der Waals surface area contributed by atoms with Crippen molar-refractivity contribution in [2.45, 2.75) is 19.8 Å². The molecule has 0 aliphatic rings. The summed E-state index contributed by atoms with van der Waals surface area (Å²) >= 11 is 0. The van der Waals surface area contributed by atoms with Crippen molar-refractivity contribution in [2.24, 2.45) is 0 Å². The molecule has 0 aromatic heterocycles. The van der Waals surface area contributed by atoms with Gasteiger partial charge in [-0.05, 0) is 25.5 Å². The number of hydrogen-bond donors (Lipinski definition) is 2. The highest BCUT2D eigenvalue weighted by molar-refractivity contribution is 7.92. The maximum atomic E-state index is 12.1. The molecule has 1 aromatic carbocycles. The van der Waals surface area contributed by atoms with Crippen LogP contribution in [0.5, 0.6) is 5.75 Å². The van der Waals surface area contributed by atoms with Gasteiger partial charge < -0.3 is 10.2 Å². The Labute approximate surface area is 112 Å². The predicted molar refractivity (Wildman–Crippen MR) is 71.8 cm³/mol. The summed E-state index contributed by atoms with van der Waals surface area (Å²) in [7, 11) is -3.58. The van der Waals surface area contributed by atoms with E-state index in [-0.39, 0.29) is 30.9 Å². The summed E-state index contributed by atoms with van der Waals surface area (Å²) < 4.78 is 25.4. The number of aliphatic carboxylic acids is 1. The summed E-state index contributed by atoms with van der Waals surface area (Å²) in [4.78, 5) is 10.4. The fourth-order valence-corrected chi connectivity index (χ4v) is 3.26. The van der Waals surface area contributed by atoms with Crippen molar-refractivity contribution in [3.05, 3.63) is 24.3 Å². The van der Waals surface area contributed by atoms with Crippen LogP contribution in [0.25, 0.3) is 0 Å². The minimum Gasteiger partial charge on any atom is -0.508 e. The normalized spacial score (nSPS) is 11.2. The molecular weight excluding hydrogens is 270 g/mol. The standard InChI is InChI=1S/C12H17NO5S/c1-2-13(10-5-3-6-11(14)9-10)19(17,18)8-4-7-12(15)16/h3,5-6,9,14H,2,4,7-8H2,1H3,(H,15,16). The van der Waals surface area contributed by atoms with Crippen LogP contribution in [0.15, 0.2) is 24.3 Å². The third-order valence-electron chi connectivity index (χ3n) is 2.53. The molecule has 0 saturated heterocycles. The smallest absolute Gasteiger partial charge is 0.303 e. The summed E-state index contributed by atoms with van der Waals surface area (Å²) in [6.45, 7) is 1.90. The van der Waals surface area contributed by atoms with Gasteiger partial charge in [0.15, 0.2) is 0 Å². The van der Waals surface area contributed by atoms with Gasteiger partial charge >= 0.3 is 5.97 Å². The number of hydrogen-bond acceptors (Lipinski definition) is 4. The van der Waals surface area contributed by atoms with E-state index in [0.29, 0.717) is 5.69 Å². The fourth-order valence-electron chi connectivity index (χ4n) is 1.70. The summed E-state index contributed by atoms with van der Waals surface area (Å²) in [6, 6.07) is 5.95. The van der Waals surface area contributed by atoms with E-state index in [4.69, 9.17) is 5.11 Å². The van der Waals surface area contributed by atoms with Crippen molar-refractivity contribution >= 4 is 21.7 Å². The summed E-state index contributed by atoms with van der Waals surface area (Å²) in [6.07, 6.45) is -0.121. The Kier molecular flexibility index (Phi) is 5.17. The quantitative estimate of drug-likeness (QED) is 0.790. The van der Waals surface area contributed by atoms with Crippen LogP contribution in [0.3, 0.4) is 0 Å². The van der Waals surface area contributed by atoms with Gasteiger partial charge in [0.05, 0.1) is 11.4 Å². The van der Waals surface area contributed by atoms with Gasteiger partial charge in [0.2, 0.25) is 10.0 Å². The number of carboxylic acids is 1. The second-order valence-corrected chi connectivity index (χ2v) is 6.01. The maximum Gasteiger partial charge on any atom is 0.303 e. The molecule has 1 aromatic rings. The van der Waals surface area contributed by atoms with Crippen molar-refractivity contribution in [3.63, 3.8) is 0 Å². The second kappa shape index (κ2) is 6.42. The Morgan fingerprint density at radius 1 is 1.37 bits per heavy atom. The Balaban J connectivity index is 2.86. The van der Waals surface area contributed by atoms with E-state index < -0.39 is 16.0 Å². The molecular formula is C12H17NO5S. The number of anilines is 1. The average molecular weight is 287 g/mol. The molecule has 0 bridgehead atoms. The zero-order valence-corrected chi connectivity index (χ0v) is 11.4. The molecule has 0 atom stereocenters. The van der Waals surface area contributed by atoms with Gasteiger partial charge in [0, 0.05) is 19.0 Å². The topological polar surface area (TPSA) is 94.9 Å². The lowest BCUT2D eigenvalue weighted by molar-refractivity contribution is -0.137. The molecule has 0 aliphatic heterocycles. The molecule has 0 radical (unpaired) electrons. The average Bonchev–Trinajstić information content (AvgIpc) is 2.28. The number of carboxylic acid groups (broad SMARTS) is 1. The monoisotopic (exact) mass is 287 g/mol. The highest BCUT2D eigenvalue weighted by Crippen LogP contribution is 2.23. The maximum absolute atomic E-state index is 12.1. The second-order valence-electron chi connectivity index (χ2n) is 4.00. The number of phenolic OH excluding ortho intramolecular Hbond substituents is 1. The number of sulfonamides is 1. The molecule has 6 nitrogen and oxygen atoms in total. The van der Waals surface area contributed by atoms with Crippen molar-refractivity contribution in [3.8, 4) is 5.75 Å². The van der Waals surface area contributed by atoms with Crippen LogP contribution in [0.1, 0.15) is 19.8 Å². The van der Waals surface area contributed by atoms with Gasteiger partial charge in [0.25, 0.3) is 0 Å². The summed E-state index contributed by atoms with van der Waals surface area (Å²) in [5.74, 6) is -1.27. The van der Waals surface area contributed by atoms with Gasteiger partial charge in [0.1, 0.15) is 5.75 Å². The molecule has 0 spiro atoms. The zero-order valence-electron chi connectivity index (χ0n) is 10.6. The highest BCUT2D eigenvalue weighted by atomic mass is 32.2. The van der Waals surface area contributed by atoms with Gasteiger partial charge in [-0.15, -0.1) is 0 Å². The lowest BCUT2D eigenvalue weighted by atomic mass is 10.3. The molecule has 19 heavy (non-hydrogen) atoms. The minimum absolute atomic E-state index is 0.0170. The van der Waals surface area contributed by atoms with E-state index in [9.17, 15) is 18.3 Å². The van der Waals surface area contributed by atoms with E-state index in [1.807, 2.05) is 0 Å². The van der Waals surface area contributed by atoms with Crippen LogP contribution < -0.4 is 4.31 Å². The van der Waals surface area contributed by atoms with Gasteiger partial charge in [-0.3, -0.25) is 9.10 Å². The Bertz CT molecular complexity index is 541. The van der Waals surface area contributed by atoms with Crippen molar-refractivity contribution in [2.75, 3.05) is 16.6 Å². The zero-order chi connectivity index (χ0) is 14.5. The number of rotatable bonds is 7. The van der Waals surface area contributed by atoms with Gasteiger partial charge in [-0.25, -0.2) is 8.42 Å². The van der Waals surface area contributed by atoms with Crippen molar-refractivity contribution in [1.82, 2.24) is 0 Å². The fraction of sp³-hybridized carbons (Fsp3) is 0.417. The van der Waals surface area contributed by atoms with E-state index in [2.05, 4.69) is 0 Å². The number of phenols is 1. The molecule has 1 rings (SSSR count). The highest BCUT2D eigenvalue weighted by Gasteiger charge is 2.21. The van der Waals surface area contributed by atoms with Crippen LogP contribution in [-0.4, -0.2) is 36.9 Å². The first-order chi connectivity index (χ1) is 8.86. The molecule has 0 heterocycles. The van der Waals surface area contributed by atoms with Crippen LogP contribution in [0.4, 0.5) is 5.69 Å². The van der Waals surface area contributed by atoms with E-state index >= 15 is 0 Å². The Morgan fingerprint density at radius 2 is 2.05 bits per heavy atom. The lowest BCUT2D eigenvalue weighted by Crippen LogP contribution is -2.33. The van der Waals surface area contributed by atoms with E-state index in [0.717, 1.165) is 4.31 Å². The minimum atomic E-state index is -3.58. The first-order valence-corrected chi connectivity index (χ1v) is 7.49. The first-order valence-electron chi connectivity index (χ1n) is 5.88. The molecule has 7 heteroatoms. The molecule has 0 amide bonds. The number of nitrogens with zero attached hydrogens (tertiary/aromatic N) is 1. The van der Waals surface area contributed by atoms with Crippen LogP contribution in [0, 0.1) is 0 Å². The molecule has 0 unspecified atom stereocenters. The van der Waals surface area contributed by atoms with Crippen LogP contribution in [-0.2, 0) is 14.8 Å². The Hall–Kier alpha value is -1.76. The number of benzene rings is 1. The first kappa shape index (κ1) is 15.3. The van der Waals surface area contributed by atoms with E-state index in [1.54, 1.807) is 19.1 Å². The molecule has 2 N–H and O–H groups in total. The predicted octanol–water partition coefficient (Wildman–Crippen LogP) is 1.41. The van der Waals surface area contributed by atoms with Crippen LogP contribution in [0.2, 0.25) is 0 Å². The summed E-state index contributed by atoms with van der Waals surface area (Å²) in [5, 5.41) is 17.9. The number of aromatic hydroxyl groups is 1.